The van der Waals surface area contributed by atoms with Crippen molar-refractivity contribution >= 4 is 17.8 Å². The molecule has 0 saturated carbocycles. The van der Waals surface area contributed by atoms with Crippen LogP contribution in [0.1, 0.15) is 26.7 Å². The number of likely N-dealkylation sites (tertiary alicyclic amines) is 1. The minimum Gasteiger partial charge on any atom is -0.449 e. The third-order valence-corrected chi connectivity index (χ3v) is 4.02. The number of piperidine rings is 1. The molecule has 0 spiro atoms. The molecule has 23 heavy (non-hydrogen) atoms. The van der Waals surface area contributed by atoms with Crippen LogP contribution in [-0.2, 0) is 16.6 Å². The van der Waals surface area contributed by atoms with Crippen LogP contribution in [-0.4, -0.2) is 53.4 Å². The Morgan fingerprint density at radius 3 is 2.57 bits per heavy atom. The van der Waals surface area contributed by atoms with Crippen LogP contribution in [0.3, 0.4) is 0 Å². The molecule has 7 heteroatoms. The van der Waals surface area contributed by atoms with Crippen LogP contribution in [0.15, 0.2) is 12.3 Å². The number of aryl methyl sites for hydroxylation is 1. The molecule has 0 bridgehead atoms. The summed E-state index contributed by atoms with van der Waals surface area (Å²) in [5, 5.41) is 4.25. The summed E-state index contributed by atoms with van der Waals surface area (Å²) in [4.78, 5) is 27.8. The highest BCUT2D eigenvalue weighted by Gasteiger charge is 2.30. The highest BCUT2D eigenvalue weighted by atomic mass is 16.6. The lowest BCUT2D eigenvalue weighted by molar-refractivity contribution is -0.123. The van der Waals surface area contributed by atoms with E-state index in [0.29, 0.717) is 44.3 Å². The minimum atomic E-state index is -0.275. The molecule has 2 heterocycles. The lowest BCUT2D eigenvalue weighted by atomic mass is 9.95. The Bertz CT molecular complexity index is 547. The molecule has 0 N–H and O–H groups in total. The van der Waals surface area contributed by atoms with Crippen molar-refractivity contribution in [3.05, 3.63) is 12.3 Å². The second kappa shape index (κ2) is 7.48. The van der Waals surface area contributed by atoms with Gasteiger partial charge in [0, 0.05) is 45.4 Å². The predicted octanol–water partition coefficient (Wildman–Crippen LogP) is 1.89. The van der Waals surface area contributed by atoms with Gasteiger partial charge >= 0.3 is 6.09 Å². The van der Waals surface area contributed by atoms with E-state index in [1.807, 2.05) is 33.2 Å². The van der Waals surface area contributed by atoms with Gasteiger partial charge in [-0.05, 0) is 18.8 Å². The molecule has 2 rings (SSSR count). The van der Waals surface area contributed by atoms with E-state index < -0.39 is 0 Å². The van der Waals surface area contributed by atoms with E-state index in [1.165, 1.54) is 0 Å². The van der Waals surface area contributed by atoms with Gasteiger partial charge in [0.05, 0.1) is 6.61 Å². The van der Waals surface area contributed by atoms with Crippen LogP contribution >= 0.6 is 0 Å². The van der Waals surface area contributed by atoms with E-state index in [1.54, 1.807) is 21.5 Å². The van der Waals surface area contributed by atoms with Gasteiger partial charge in [0.15, 0.2) is 5.82 Å². The number of carbonyl (C=O) groups is 2. The molecule has 0 aromatic carbocycles. The fourth-order valence-electron chi connectivity index (χ4n) is 2.61. The molecule has 1 aromatic rings. The summed E-state index contributed by atoms with van der Waals surface area (Å²) < 4.78 is 6.91. The van der Waals surface area contributed by atoms with Gasteiger partial charge in [0.1, 0.15) is 0 Å². The van der Waals surface area contributed by atoms with Crippen molar-refractivity contribution in [3.63, 3.8) is 0 Å². The summed E-state index contributed by atoms with van der Waals surface area (Å²) >= 11 is 0. The Labute approximate surface area is 137 Å². The Morgan fingerprint density at radius 1 is 1.39 bits per heavy atom. The summed E-state index contributed by atoms with van der Waals surface area (Å²) in [7, 11) is 3.57. The van der Waals surface area contributed by atoms with Crippen molar-refractivity contribution in [3.8, 4) is 0 Å². The molecule has 1 saturated heterocycles. The quantitative estimate of drug-likeness (QED) is 0.849. The van der Waals surface area contributed by atoms with Crippen LogP contribution in [0, 0.1) is 11.8 Å². The Balaban J connectivity index is 1.84. The molecule has 1 aliphatic rings. The van der Waals surface area contributed by atoms with Gasteiger partial charge in [-0.1, -0.05) is 13.8 Å². The zero-order valence-electron chi connectivity index (χ0n) is 14.4. The lowest BCUT2D eigenvalue weighted by Gasteiger charge is -2.32. The molecule has 2 amide bonds. The summed E-state index contributed by atoms with van der Waals surface area (Å²) in [5.74, 6) is 0.955. The summed E-state index contributed by atoms with van der Waals surface area (Å²) in [6, 6.07) is 1.82. The van der Waals surface area contributed by atoms with Gasteiger partial charge in [0.25, 0.3) is 0 Å². The molecule has 0 aliphatic carbocycles. The van der Waals surface area contributed by atoms with E-state index >= 15 is 0 Å². The number of hydrogen-bond acceptors (Lipinski definition) is 4. The van der Waals surface area contributed by atoms with Crippen molar-refractivity contribution in [2.24, 2.45) is 18.9 Å². The smallest absolute Gasteiger partial charge is 0.409 e. The van der Waals surface area contributed by atoms with E-state index in [9.17, 15) is 9.59 Å². The van der Waals surface area contributed by atoms with Gasteiger partial charge in [-0.15, -0.1) is 0 Å². The number of carbonyl (C=O) groups excluding carboxylic acids is 2. The summed E-state index contributed by atoms with van der Waals surface area (Å²) in [5.41, 5.74) is 0. The van der Waals surface area contributed by atoms with Gasteiger partial charge in [-0.3, -0.25) is 14.4 Å². The first kappa shape index (κ1) is 17.3. The number of anilines is 1. The molecule has 1 aliphatic heterocycles. The fourth-order valence-corrected chi connectivity index (χ4v) is 2.61. The van der Waals surface area contributed by atoms with E-state index in [-0.39, 0.29) is 17.9 Å². The van der Waals surface area contributed by atoms with Gasteiger partial charge in [-0.25, -0.2) is 4.79 Å². The number of amides is 2. The zero-order chi connectivity index (χ0) is 17.0. The molecular formula is C16H26N4O3. The minimum absolute atomic E-state index is 0.0545. The molecule has 0 radical (unpaired) electrons. The monoisotopic (exact) mass is 322 g/mol. The maximum Gasteiger partial charge on any atom is 0.409 e. The number of hydrogen-bond donors (Lipinski definition) is 0. The van der Waals surface area contributed by atoms with Crippen molar-refractivity contribution in [1.82, 2.24) is 14.7 Å². The molecule has 7 nitrogen and oxygen atoms in total. The molecule has 0 atom stereocenters. The highest BCUT2D eigenvalue weighted by Crippen LogP contribution is 2.22. The van der Waals surface area contributed by atoms with Gasteiger partial charge < -0.3 is 9.64 Å². The number of rotatable bonds is 4. The summed E-state index contributed by atoms with van der Waals surface area (Å²) in [6.07, 6.45) is 2.86. The van der Waals surface area contributed by atoms with Crippen molar-refractivity contribution in [1.29, 1.82) is 0 Å². The van der Waals surface area contributed by atoms with Crippen LogP contribution in [0.5, 0.6) is 0 Å². The standard InChI is InChI=1S/C16H26N4O3/c1-12(2)11-23-16(22)20-9-5-13(6-10-20)15(21)19(4)14-7-8-18(3)17-14/h7-8,12-13H,5-6,9-11H2,1-4H3. The Hall–Kier alpha value is -2.05. The first-order valence-electron chi connectivity index (χ1n) is 8.07. The zero-order valence-corrected chi connectivity index (χ0v) is 14.4. The molecule has 1 aromatic heterocycles. The maximum atomic E-state index is 12.5. The fraction of sp³-hybridized carbons (Fsp3) is 0.688. The van der Waals surface area contributed by atoms with Crippen LogP contribution in [0.25, 0.3) is 0 Å². The maximum absolute atomic E-state index is 12.5. The van der Waals surface area contributed by atoms with Crippen molar-refractivity contribution in [2.75, 3.05) is 31.6 Å². The van der Waals surface area contributed by atoms with Crippen molar-refractivity contribution in [2.45, 2.75) is 26.7 Å². The largest absolute Gasteiger partial charge is 0.449 e. The number of ether oxygens (including phenoxy) is 1. The SMILES string of the molecule is CC(C)COC(=O)N1CCC(C(=O)N(C)c2ccn(C)n2)CC1. The molecular weight excluding hydrogens is 296 g/mol. The van der Waals surface area contributed by atoms with Crippen LogP contribution in [0.2, 0.25) is 0 Å². The van der Waals surface area contributed by atoms with E-state index in [4.69, 9.17) is 4.74 Å². The van der Waals surface area contributed by atoms with Gasteiger partial charge in [-0.2, -0.15) is 5.10 Å². The first-order valence-corrected chi connectivity index (χ1v) is 8.07. The third-order valence-electron chi connectivity index (χ3n) is 4.02. The van der Waals surface area contributed by atoms with Crippen molar-refractivity contribution < 1.29 is 14.3 Å². The van der Waals surface area contributed by atoms with Crippen LogP contribution < -0.4 is 4.90 Å². The summed E-state index contributed by atoms with van der Waals surface area (Å²) in [6.45, 7) is 5.56. The molecule has 0 unspecified atom stereocenters. The second-order valence-corrected chi connectivity index (χ2v) is 6.48. The Kier molecular flexibility index (Phi) is 5.63. The third kappa shape index (κ3) is 4.46. The van der Waals surface area contributed by atoms with E-state index in [0.717, 1.165) is 0 Å². The Morgan fingerprint density at radius 2 is 2.04 bits per heavy atom. The number of aromatic nitrogens is 2. The predicted molar refractivity (Wildman–Crippen MR) is 87.1 cm³/mol. The second-order valence-electron chi connectivity index (χ2n) is 6.48. The van der Waals surface area contributed by atoms with Crippen LogP contribution in [0.4, 0.5) is 10.6 Å². The first-order chi connectivity index (χ1) is 10.9. The average molecular weight is 322 g/mol. The number of nitrogens with zero attached hydrogens (tertiary/aromatic N) is 4. The van der Waals surface area contributed by atoms with Gasteiger partial charge in [0.2, 0.25) is 5.91 Å². The molecule has 1 fully saturated rings. The highest BCUT2D eigenvalue weighted by molar-refractivity contribution is 5.93. The normalized spacial score (nSPS) is 15.8. The van der Waals surface area contributed by atoms with E-state index in [2.05, 4.69) is 5.10 Å². The molecule has 128 valence electrons. The topological polar surface area (TPSA) is 67.7 Å². The average Bonchev–Trinajstić information content (AvgIpc) is 2.97. The lowest BCUT2D eigenvalue weighted by Crippen LogP contribution is -2.44.